The number of carboxylic acid groups (broad SMARTS) is 1. The number of hydrogen-bond donors (Lipinski definition) is 3. The van der Waals surface area contributed by atoms with E-state index in [0.717, 1.165) is 41.7 Å². The fourth-order valence-electron chi connectivity index (χ4n) is 4.23. The molecule has 8 heteroatoms. The molecule has 0 saturated carbocycles. The van der Waals surface area contributed by atoms with E-state index in [1.807, 2.05) is 18.2 Å². The van der Waals surface area contributed by atoms with Gasteiger partial charge in [0, 0.05) is 11.6 Å². The van der Waals surface area contributed by atoms with E-state index < -0.39 is 18.0 Å². The number of methoxy groups -OCH3 is 1. The first-order valence-corrected chi connectivity index (χ1v) is 10.7. The average molecular weight is 440 g/mol. The Bertz CT molecular complexity index is 1000. The second-order valence-electron chi connectivity index (χ2n) is 7.92. The fourth-order valence-corrected chi connectivity index (χ4v) is 4.23. The van der Waals surface area contributed by atoms with Gasteiger partial charge in [-0.1, -0.05) is 43.1 Å². The van der Waals surface area contributed by atoms with Crippen LogP contribution in [0.1, 0.15) is 66.2 Å². The Morgan fingerprint density at radius 1 is 1.22 bits per heavy atom. The second kappa shape index (κ2) is 10.2. The van der Waals surface area contributed by atoms with Crippen molar-refractivity contribution in [1.29, 1.82) is 0 Å². The van der Waals surface area contributed by atoms with E-state index in [4.69, 9.17) is 9.94 Å². The van der Waals surface area contributed by atoms with Crippen molar-refractivity contribution in [1.82, 2.24) is 10.2 Å². The zero-order chi connectivity index (χ0) is 23.3. The number of carbonyl (C=O) groups is 2. The first kappa shape index (κ1) is 23.1. The molecule has 0 aromatic heterocycles. The molecule has 2 aromatic carbocycles. The van der Waals surface area contributed by atoms with Gasteiger partial charge in [-0.3, -0.25) is 9.69 Å². The van der Waals surface area contributed by atoms with E-state index in [1.165, 1.54) is 6.92 Å². The lowest BCUT2D eigenvalue weighted by molar-refractivity contribution is 0.0956. The highest BCUT2D eigenvalue weighted by molar-refractivity contribution is 6.05. The number of rotatable bonds is 6. The third-order valence-electron chi connectivity index (χ3n) is 5.82. The van der Waals surface area contributed by atoms with E-state index >= 15 is 0 Å². The molecular formula is C24H29N3O5. The van der Waals surface area contributed by atoms with Crippen molar-refractivity contribution in [2.45, 2.75) is 51.6 Å². The highest BCUT2D eigenvalue weighted by Crippen LogP contribution is 2.40. The van der Waals surface area contributed by atoms with Crippen molar-refractivity contribution in [3.63, 3.8) is 0 Å². The number of nitrogens with one attached hydrogen (secondary N) is 1. The number of hydrogen-bond acceptors (Lipinski definition) is 5. The highest BCUT2D eigenvalue weighted by Gasteiger charge is 2.38. The van der Waals surface area contributed by atoms with Crippen LogP contribution in [0.2, 0.25) is 0 Å². The van der Waals surface area contributed by atoms with Gasteiger partial charge in [-0.25, -0.2) is 4.79 Å². The van der Waals surface area contributed by atoms with Gasteiger partial charge in [0.15, 0.2) is 0 Å². The molecule has 0 radical (unpaired) electrons. The molecule has 0 saturated heterocycles. The Balaban J connectivity index is 2.03. The monoisotopic (exact) mass is 439 g/mol. The molecule has 32 heavy (non-hydrogen) atoms. The molecule has 2 atom stereocenters. The SMILES string of the molecule is CCCC[C@H]1Cc2cc(OC)ccc2[C@H](c2ccc(C(=O)N/C(C)=N/O)cc2)N1C(=O)O. The van der Waals surface area contributed by atoms with E-state index in [2.05, 4.69) is 17.4 Å². The first-order valence-electron chi connectivity index (χ1n) is 10.7. The van der Waals surface area contributed by atoms with Crippen molar-refractivity contribution in [2.75, 3.05) is 7.11 Å². The molecule has 3 rings (SSSR count). The zero-order valence-electron chi connectivity index (χ0n) is 18.5. The maximum absolute atomic E-state index is 12.4. The summed E-state index contributed by atoms with van der Waals surface area (Å²) in [6, 6.07) is 12.0. The van der Waals surface area contributed by atoms with Crippen molar-refractivity contribution >= 4 is 17.8 Å². The van der Waals surface area contributed by atoms with E-state index in [-0.39, 0.29) is 11.9 Å². The Hall–Kier alpha value is -3.55. The quantitative estimate of drug-likeness (QED) is 0.267. The lowest BCUT2D eigenvalue weighted by Crippen LogP contribution is -2.47. The largest absolute Gasteiger partial charge is 0.497 e. The van der Waals surface area contributed by atoms with E-state index in [1.54, 1.807) is 36.3 Å². The summed E-state index contributed by atoms with van der Waals surface area (Å²) in [7, 11) is 1.62. The van der Waals surface area contributed by atoms with E-state index in [0.29, 0.717) is 12.0 Å². The molecule has 0 bridgehead atoms. The summed E-state index contributed by atoms with van der Waals surface area (Å²) < 4.78 is 5.39. The molecule has 170 valence electrons. The molecule has 0 fully saturated rings. The summed E-state index contributed by atoms with van der Waals surface area (Å²) in [5.74, 6) is 0.426. The molecule has 1 aliphatic rings. The summed E-state index contributed by atoms with van der Waals surface area (Å²) in [6.07, 6.45) is 2.37. The number of oxime groups is 1. The number of fused-ring (bicyclic) bond motifs is 1. The third-order valence-corrected chi connectivity index (χ3v) is 5.82. The van der Waals surface area contributed by atoms with Crippen LogP contribution in [0.25, 0.3) is 0 Å². The molecular weight excluding hydrogens is 410 g/mol. The molecule has 2 amide bonds. The molecule has 3 N–H and O–H groups in total. The Morgan fingerprint density at radius 2 is 1.94 bits per heavy atom. The number of amides is 2. The van der Waals surface area contributed by atoms with Crippen LogP contribution in [-0.4, -0.2) is 46.2 Å². The average Bonchev–Trinajstić information content (AvgIpc) is 2.80. The van der Waals surface area contributed by atoms with Gasteiger partial charge >= 0.3 is 6.09 Å². The normalized spacial score (nSPS) is 18.1. The molecule has 1 aliphatic heterocycles. The summed E-state index contributed by atoms with van der Waals surface area (Å²) in [5, 5.41) is 24.3. The van der Waals surface area contributed by atoms with Gasteiger partial charge in [-0.15, -0.1) is 0 Å². The van der Waals surface area contributed by atoms with Gasteiger partial charge in [0.1, 0.15) is 11.6 Å². The summed E-state index contributed by atoms with van der Waals surface area (Å²) in [5.41, 5.74) is 3.15. The highest BCUT2D eigenvalue weighted by atomic mass is 16.5. The van der Waals surface area contributed by atoms with Crippen molar-refractivity contribution < 1.29 is 24.6 Å². The van der Waals surface area contributed by atoms with Crippen molar-refractivity contribution in [2.24, 2.45) is 5.16 Å². The van der Waals surface area contributed by atoms with Crippen molar-refractivity contribution in [3.05, 3.63) is 64.7 Å². The van der Waals surface area contributed by atoms with Gasteiger partial charge in [0.25, 0.3) is 5.91 Å². The summed E-state index contributed by atoms with van der Waals surface area (Å²) >= 11 is 0. The summed E-state index contributed by atoms with van der Waals surface area (Å²) in [4.78, 5) is 26.2. The van der Waals surface area contributed by atoms with Crippen LogP contribution in [0.15, 0.2) is 47.6 Å². The molecule has 1 heterocycles. The maximum Gasteiger partial charge on any atom is 0.408 e. The third kappa shape index (κ3) is 4.85. The van der Waals surface area contributed by atoms with Gasteiger partial charge < -0.3 is 20.4 Å². The topological polar surface area (TPSA) is 111 Å². The number of unbranched alkanes of at least 4 members (excludes halogenated alkanes) is 1. The smallest absolute Gasteiger partial charge is 0.408 e. The first-order chi connectivity index (χ1) is 15.4. The Labute approximate surface area is 187 Å². The van der Waals surface area contributed by atoms with Crippen LogP contribution in [0.3, 0.4) is 0 Å². The van der Waals surface area contributed by atoms with Crippen LogP contribution in [0.5, 0.6) is 5.75 Å². The molecule has 2 aromatic rings. The van der Waals surface area contributed by atoms with Crippen molar-refractivity contribution in [3.8, 4) is 5.75 Å². The Morgan fingerprint density at radius 3 is 2.53 bits per heavy atom. The van der Waals surface area contributed by atoms with Crippen LogP contribution >= 0.6 is 0 Å². The number of ether oxygens (including phenoxy) is 1. The lowest BCUT2D eigenvalue weighted by atomic mass is 9.83. The fraction of sp³-hybridized carbons (Fsp3) is 0.375. The van der Waals surface area contributed by atoms with Crippen LogP contribution < -0.4 is 10.1 Å². The Kier molecular flexibility index (Phi) is 7.35. The van der Waals surface area contributed by atoms with E-state index in [9.17, 15) is 14.7 Å². The maximum atomic E-state index is 12.4. The van der Waals surface area contributed by atoms with Crippen LogP contribution in [-0.2, 0) is 6.42 Å². The van der Waals surface area contributed by atoms with Crippen LogP contribution in [0, 0.1) is 0 Å². The predicted octanol–water partition coefficient (Wildman–Crippen LogP) is 4.42. The van der Waals surface area contributed by atoms with Crippen LogP contribution in [0.4, 0.5) is 4.79 Å². The molecule has 0 unspecified atom stereocenters. The van der Waals surface area contributed by atoms with Gasteiger partial charge in [0.05, 0.1) is 13.2 Å². The predicted molar refractivity (Wildman–Crippen MR) is 121 cm³/mol. The number of nitrogens with zero attached hydrogens (tertiary/aromatic N) is 2. The number of benzene rings is 2. The van der Waals surface area contributed by atoms with Gasteiger partial charge in [-0.2, -0.15) is 0 Å². The molecule has 0 aliphatic carbocycles. The standard InChI is InChI=1S/C24H29N3O5/c1-4-5-6-19-13-18-14-20(32-3)11-12-21(18)22(27(19)24(29)30)16-7-9-17(10-8-16)23(28)25-15(2)26-31/h7-12,14,19,22,31H,4-6,13H2,1-3H3,(H,29,30)(H,25,26,28)/t19-,22-/m0/s1. The minimum atomic E-state index is -0.964. The molecule has 8 nitrogen and oxygen atoms in total. The summed E-state index contributed by atoms with van der Waals surface area (Å²) in [6.45, 7) is 3.57. The zero-order valence-corrected chi connectivity index (χ0v) is 18.5. The van der Waals surface area contributed by atoms with Gasteiger partial charge in [-0.05, 0) is 60.7 Å². The van der Waals surface area contributed by atoms with Gasteiger partial charge in [0.2, 0.25) is 0 Å². The number of carbonyl (C=O) groups excluding carboxylic acids is 1. The second-order valence-corrected chi connectivity index (χ2v) is 7.92. The minimum Gasteiger partial charge on any atom is -0.497 e. The number of amidine groups is 1. The molecule has 0 spiro atoms. The minimum absolute atomic E-state index is 0.0880. The lowest BCUT2D eigenvalue weighted by Gasteiger charge is -2.42.